The van der Waals surface area contributed by atoms with Crippen LogP contribution in [0.3, 0.4) is 0 Å². The molecule has 0 saturated carbocycles. The molecule has 9 heteroatoms. The summed E-state index contributed by atoms with van der Waals surface area (Å²) in [6.07, 6.45) is 1.26. The summed E-state index contributed by atoms with van der Waals surface area (Å²) in [6.45, 7) is 14.2. The van der Waals surface area contributed by atoms with Gasteiger partial charge in [0.15, 0.2) is 5.82 Å². The molecule has 3 rings (SSSR count). The summed E-state index contributed by atoms with van der Waals surface area (Å²) < 4.78 is 13.2. The molecular formula is C28H41FN6O2. The first-order valence-corrected chi connectivity index (χ1v) is 13.4. The number of benzene rings is 1. The van der Waals surface area contributed by atoms with E-state index < -0.39 is 0 Å². The molecule has 1 saturated heterocycles. The fraction of sp³-hybridized carbons (Fsp3) is 0.571. The van der Waals surface area contributed by atoms with E-state index >= 15 is 0 Å². The number of carbonyl (C=O) groups is 2. The first-order valence-electron chi connectivity index (χ1n) is 13.4. The molecule has 1 aliphatic heterocycles. The highest BCUT2D eigenvalue weighted by molar-refractivity contribution is 5.85. The third-order valence-electron chi connectivity index (χ3n) is 6.81. The van der Waals surface area contributed by atoms with Crippen molar-refractivity contribution < 1.29 is 14.0 Å². The number of nitrogens with zero attached hydrogens (tertiary/aromatic N) is 6. The molecule has 1 fully saturated rings. The van der Waals surface area contributed by atoms with Gasteiger partial charge in [-0.05, 0) is 61.8 Å². The van der Waals surface area contributed by atoms with Crippen LogP contribution in [0.5, 0.6) is 0 Å². The van der Waals surface area contributed by atoms with Crippen LogP contribution in [0.2, 0.25) is 0 Å². The molecule has 0 N–H and O–H groups in total. The van der Waals surface area contributed by atoms with E-state index in [1.165, 1.54) is 12.1 Å². The molecule has 0 radical (unpaired) electrons. The molecule has 1 aromatic carbocycles. The van der Waals surface area contributed by atoms with Gasteiger partial charge >= 0.3 is 0 Å². The van der Waals surface area contributed by atoms with Gasteiger partial charge in [0, 0.05) is 51.3 Å². The molecule has 0 spiro atoms. The summed E-state index contributed by atoms with van der Waals surface area (Å²) in [7, 11) is 0. The lowest BCUT2D eigenvalue weighted by molar-refractivity contribution is -0.141. The van der Waals surface area contributed by atoms with Gasteiger partial charge in [-0.1, -0.05) is 27.7 Å². The maximum Gasteiger partial charge on any atom is 0.242 e. The highest BCUT2D eigenvalue weighted by atomic mass is 19.1. The average molecular weight is 513 g/mol. The van der Waals surface area contributed by atoms with E-state index in [1.54, 1.807) is 17.0 Å². The van der Waals surface area contributed by atoms with E-state index in [1.807, 2.05) is 30.9 Å². The van der Waals surface area contributed by atoms with Crippen LogP contribution in [0.1, 0.15) is 40.5 Å². The number of anilines is 1. The van der Waals surface area contributed by atoms with Crippen LogP contribution < -0.4 is 4.90 Å². The van der Waals surface area contributed by atoms with Gasteiger partial charge in [0.25, 0.3) is 0 Å². The Morgan fingerprint density at radius 2 is 1.68 bits per heavy atom. The normalized spacial score (nSPS) is 14.2. The summed E-state index contributed by atoms with van der Waals surface area (Å²) in [5, 5.41) is 8.72. The second-order valence-corrected chi connectivity index (χ2v) is 9.95. The maximum absolute atomic E-state index is 13.2. The van der Waals surface area contributed by atoms with E-state index in [-0.39, 0.29) is 30.1 Å². The zero-order valence-corrected chi connectivity index (χ0v) is 22.7. The molecule has 0 atom stereocenters. The van der Waals surface area contributed by atoms with Crippen molar-refractivity contribution in [3.8, 4) is 11.3 Å². The molecule has 2 aromatic rings. The Morgan fingerprint density at radius 1 is 0.946 bits per heavy atom. The van der Waals surface area contributed by atoms with Gasteiger partial charge in [0.1, 0.15) is 5.82 Å². The quantitative estimate of drug-likeness (QED) is 0.459. The van der Waals surface area contributed by atoms with Crippen LogP contribution >= 0.6 is 0 Å². The molecule has 0 unspecified atom stereocenters. The summed E-state index contributed by atoms with van der Waals surface area (Å²) in [6, 6.07) is 10.00. The SMILES string of the molecule is CCN(CC)CCN(CC(=O)N1CCCN(c2ccc(-c3ccc(F)cc3)nn2)CC1)C(=O)CC(C)C. The van der Waals surface area contributed by atoms with Gasteiger partial charge in [-0.2, -0.15) is 0 Å². The van der Waals surface area contributed by atoms with Crippen LogP contribution in [0.25, 0.3) is 11.3 Å². The van der Waals surface area contributed by atoms with Gasteiger partial charge in [0.2, 0.25) is 11.8 Å². The monoisotopic (exact) mass is 512 g/mol. The molecular weight excluding hydrogens is 471 g/mol. The minimum Gasteiger partial charge on any atom is -0.353 e. The smallest absolute Gasteiger partial charge is 0.242 e. The zero-order valence-electron chi connectivity index (χ0n) is 22.7. The van der Waals surface area contributed by atoms with E-state index in [0.717, 1.165) is 44.0 Å². The Labute approximate surface area is 220 Å². The van der Waals surface area contributed by atoms with Gasteiger partial charge < -0.3 is 19.6 Å². The number of likely N-dealkylation sites (N-methyl/N-ethyl adjacent to an activating group) is 1. The number of halogens is 1. The predicted octanol–water partition coefficient (Wildman–Crippen LogP) is 3.54. The third-order valence-corrected chi connectivity index (χ3v) is 6.81. The lowest BCUT2D eigenvalue weighted by Crippen LogP contribution is -2.46. The van der Waals surface area contributed by atoms with Crippen molar-refractivity contribution in [2.45, 2.75) is 40.5 Å². The number of rotatable bonds is 11. The fourth-order valence-electron chi connectivity index (χ4n) is 4.50. The number of hydrogen-bond donors (Lipinski definition) is 0. The molecule has 1 aromatic heterocycles. The van der Waals surface area contributed by atoms with Crippen molar-refractivity contribution in [2.75, 3.05) is 63.8 Å². The molecule has 0 bridgehead atoms. The van der Waals surface area contributed by atoms with E-state index in [9.17, 15) is 14.0 Å². The highest BCUT2D eigenvalue weighted by Gasteiger charge is 2.24. The van der Waals surface area contributed by atoms with Crippen LogP contribution in [0, 0.1) is 11.7 Å². The molecule has 0 aliphatic carbocycles. The summed E-state index contributed by atoms with van der Waals surface area (Å²) in [4.78, 5) is 34.2. The molecule has 202 valence electrons. The lowest BCUT2D eigenvalue weighted by Gasteiger charge is -2.29. The van der Waals surface area contributed by atoms with E-state index in [0.29, 0.717) is 38.3 Å². The number of aromatic nitrogens is 2. The van der Waals surface area contributed by atoms with Gasteiger partial charge in [-0.25, -0.2) is 4.39 Å². The Kier molecular flexibility index (Phi) is 10.8. The Morgan fingerprint density at radius 3 is 2.30 bits per heavy atom. The predicted molar refractivity (Wildman–Crippen MR) is 145 cm³/mol. The second kappa shape index (κ2) is 14.0. The van der Waals surface area contributed by atoms with Crippen molar-refractivity contribution in [3.05, 3.63) is 42.2 Å². The fourth-order valence-corrected chi connectivity index (χ4v) is 4.50. The van der Waals surface area contributed by atoms with Gasteiger partial charge in [-0.3, -0.25) is 9.59 Å². The van der Waals surface area contributed by atoms with Crippen molar-refractivity contribution >= 4 is 17.6 Å². The third kappa shape index (κ3) is 8.49. The van der Waals surface area contributed by atoms with Crippen molar-refractivity contribution in [3.63, 3.8) is 0 Å². The van der Waals surface area contributed by atoms with Crippen LogP contribution in [-0.2, 0) is 9.59 Å². The molecule has 2 heterocycles. The minimum absolute atomic E-state index is 0.00348. The van der Waals surface area contributed by atoms with E-state index in [2.05, 4.69) is 33.8 Å². The van der Waals surface area contributed by atoms with Gasteiger partial charge in [0.05, 0.1) is 12.2 Å². The standard InChI is InChI=1S/C28H41FN6O2/c1-5-32(6-2)16-17-35(27(36)20-22(3)4)21-28(37)34-15-7-14-33(18-19-34)26-13-12-25(30-31-26)23-8-10-24(29)11-9-23/h8-13,22H,5-7,14-21H2,1-4H3. The van der Waals surface area contributed by atoms with Crippen molar-refractivity contribution in [2.24, 2.45) is 5.92 Å². The first-order chi connectivity index (χ1) is 17.8. The van der Waals surface area contributed by atoms with Crippen LogP contribution in [0.15, 0.2) is 36.4 Å². The Hall–Kier alpha value is -3.07. The zero-order chi connectivity index (χ0) is 26.8. The highest BCUT2D eigenvalue weighted by Crippen LogP contribution is 2.20. The maximum atomic E-state index is 13.2. The lowest BCUT2D eigenvalue weighted by atomic mass is 10.1. The van der Waals surface area contributed by atoms with Crippen LogP contribution in [-0.4, -0.2) is 95.6 Å². The van der Waals surface area contributed by atoms with Crippen molar-refractivity contribution in [1.82, 2.24) is 24.9 Å². The molecule has 8 nitrogen and oxygen atoms in total. The Bertz CT molecular complexity index is 995. The minimum atomic E-state index is -0.284. The molecule has 1 aliphatic rings. The number of hydrogen-bond acceptors (Lipinski definition) is 6. The summed E-state index contributed by atoms with van der Waals surface area (Å²) >= 11 is 0. The van der Waals surface area contributed by atoms with E-state index in [4.69, 9.17) is 0 Å². The first kappa shape index (κ1) is 28.5. The molecule has 2 amide bonds. The largest absolute Gasteiger partial charge is 0.353 e. The number of amides is 2. The van der Waals surface area contributed by atoms with Gasteiger partial charge in [-0.15, -0.1) is 10.2 Å². The number of carbonyl (C=O) groups excluding carboxylic acids is 2. The van der Waals surface area contributed by atoms with Crippen LogP contribution in [0.4, 0.5) is 10.2 Å². The van der Waals surface area contributed by atoms with Crippen molar-refractivity contribution in [1.29, 1.82) is 0 Å². The summed E-state index contributed by atoms with van der Waals surface area (Å²) in [5.41, 5.74) is 1.50. The average Bonchev–Trinajstić information content (AvgIpc) is 3.15. The topological polar surface area (TPSA) is 72.9 Å². The summed E-state index contributed by atoms with van der Waals surface area (Å²) in [5.74, 6) is 0.766. The molecule has 37 heavy (non-hydrogen) atoms. The second-order valence-electron chi connectivity index (χ2n) is 9.95. The Balaban J connectivity index is 1.59.